The fourth-order valence-corrected chi connectivity index (χ4v) is 2.44. The maximum Gasteiger partial charge on any atom is 0.307 e. The number of carbonyl (C=O) groups is 2. The lowest BCUT2D eigenvalue weighted by Crippen LogP contribution is -2.40. The highest BCUT2D eigenvalue weighted by Gasteiger charge is 2.35. The second kappa shape index (κ2) is 6.69. The zero-order valence-corrected chi connectivity index (χ0v) is 11.1. The second-order valence-electron chi connectivity index (χ2n) is 4.25. The zero-order valence-electron chi connectivity index (χ0n) is 10.3. The van der Waals surface area contributed by atoms with Gasteiger partial charge in [0, 0.05) is 19.3 Å². The molecule has 0 saturated heterocycles. The Kier molecular flexibility index (Phi) is 5.55. The van der Waals surface area contributed by atoms with E-state index in [1.807, 2.05) is 18.4 Å². The molecule has 0 saturated carbocycles. The number of carboxylic acid groups (broad SMARTS) is 1. The van der Waals surface area contributed by atoms with Crippen LogP contribution in [0.3, 0.4) is 0 Å². The molecule has 0 radical (unpaired) electrons. The molecule has 0 unspecified atom stereocenters. The number of carboxylic acids is 1. The van der Waals surface area contributed by atoms with Gasteiger partial charge in [0.25, 0.3) is 0 Å². The summed E-state index contributed by atoms with van der Waals surface area (Å²) in [5.41, 5.74) is 0. The van der Waals surface area contributed by atoms with E-state index < -0.39 is 17.8 Å². The summed E-state index contributed by atoms with van der Waals surface area (Å²) in [7, 11) is 1.75. The van der Waals surface area contributed by atoms with Gasteiger partial charge in [-0.2, -0.15) is 11.8 Å². The van der Waals surface area contributed by atoms with Gasteiger partial charge in [-0.3, -0.25) is 9.59 Å². The smallest absolute Gasteiger partial charge is 0.307 e. The summed E-state index contributed by atoms with van der Waals surface area (Å²) >= 11 is 1.68. The molecule has 1 aliphatic carbocycles. The lowest BCUT2D eigenvalue weighted by Gasteiger charge is -2.28. The summed E-state index contributed by atoms with van der Waals surface area (Å²) in [6.07, 6.45) is 6.75. The quantitative estimate of drug-likeness (QED) is 0.758. The number of amides is 1. The monoisotopic (exact) mass is 257 g/mol. The van der Waals surface area contributed by atoms with Crippen molar-refractivity contribution in [2.45, 2.75) is 12.8 Å². The molecule has 0 aromatic rings. The maximum absolute atomic E-state index is 12.1. The molecule has 0 heterocycles. The van der Waals surface area contributed by atoms with Gasteiger partial charge >= 0.3 is 5.97 Å². The van der Waals surface area contributed by atoms with Gasteiger partial charge in [0.1, 0.15) is 0 Å². The lowest BCUT2D eigenvalue weighted by atomic mass is 9.82. The Hall–Kier alpha value is -0.970. The average molecular weight is 257 g/mol. The van der Waals surface area contributed by atoms with E-state index in [4.69, 9.17) is 5.11 Å². The Labute approximate surface area is 106 Å². The van der Waals surface area contributed by atoms with E-state index in [0.717, 1.165) is 5.75 Å². The molecule has 0 aromatic carbocycles. The van der Waals surface area contributed by atoms with Gasteiger partial charge < -0.3 is 10.0 Å². The highest BCUT2D eigenvalue weighted by Crippen LogP contribution is 2.27. The van der Waals surface area contributed by atoms with Gasteiger partial charge in [-0.15, -0.1) is 0 Å². The minimum Gasteiger partial charge on any atom is -0.481 e. The number of aliphatic carboxylic acids is 1. The van der Waals surface area contributed by atoms with Crippen LogP contribution in [-0.2, 0) is 9.59 Å². The van der Waals surface area contributed by atoms with Crippen molar-refractivity contribution in [3.63, 3.8) is 0 Å². The van der Waals surface area contributed by atoms with Crippen LogP contribution in [0.15, 0.2) is 12.2 Å². The molecule has 0 fully saturated rings. The van der Waals surface area contributed by atoms with Crippen LogP contribution in [-0.4, -0.2) is 47.5 Å². The largest absolute Gasteiger partial charge is 0.481 e. The fourth-order valence-electron chi connectivity index (χ4n) is 1.98. The van der Waals surface area contributed by atoms with Crippen molar-refractivity contribution in [3.8, 4) is 0 Å². The molecule has 1 amide bonds. The third-order valence-electron chi connectivity index (χ3n) is 3.07. The predicted octanol–water partition coefficient (Wildman–Crippen LogP) is 1.47. The third kappa shape index (κ3) is 3.77. The van der Waals surface area contributed by atoms with Gasteiger partial charge in [0.2, 0.25) is 5.91 Å². The van der Waals surface area contributed by atoms with E-state index in [-0.39, 0.29) is 5.91 Å². The molecule has 0 bridgehead atoms. The third-order valence-corrected chi connectivity index (χ3v) is 3.66. The van der Waals surface area contributed by atoms with Gasteiger partial charge in [0.15, 0.2) is 0 Å². The number of allylic oxidation sites excluding steroid dienone is 2. The Balaban J connectivity index is 2.65. The molecule has 0 aliphatic heterocycles. The number of nitrogens with zero attached hydrogens (tertiary/aromatic N) is 1. The lowest BCUT2D eigenvalue weighted by molar-refractivity contribution is -0.150. The van der Waals surface area contributed by atoms with Crippen molar-refractivity contribution in [2.24, 2.45) is 11.8 Å². The summed E-state index contributed by atoms with van der Waals surface area (Å²) in [6, 6.07) is 0. The molecule has 1 rings (SSSR count). The summed E-state index contributed by atoms with van der Waals surface area (Å²) in [5.74, 6) is -1.00. The standard InChI is InChI=1S/C12H19NO3S/c1-13(7-8-17-2)11(14)9-5-3-4-6-10(9)12(15)16/h3-4,9-10H,5-8H2,1-2H3,(H,15,16)/t9-,10+/m1/s1. The molecule has 1 aliphatic rings. The van der Waals surface area contributed by atoms with Crippen molar-refractivity contribution < 1.29 is 14.7 Å². The summed E-state index contributed by atoms with van der Waals surface area (Å²) in [4.78, 5) is 24.9. The number of thioether (sulfide) groups is 1. The topological polar surface area (TPSA) is 57.6 Å². The average Bonchev–Trinajstić information content (AvgIpc) is 2.34. The fraction of sp³-hybridized carbons (Fsp3) is 0.667. The molecule has 5 heteroatoms. The highest BCUT2D eigenvalue weighted by atomic mass is 32.2. The first-order valence-electron chi connectivity index (χ1n) is 5.69. The first-order chi connectivity index (χ1) is 8.07. The van der Waals surface area contributed by atoms with E-state index in [9.17, 15) is 9.59 Å². The van der Waals surface area contributed by atoms with Crippen molar-refractivity contribution in [3.05, 3.63) is 12.2 Å². The first kappa shape index (κ1) is 14.1. The number of rotatable bonds is 5. The van der Waals surface area contributed by atoms with Crippen LogP contribution in [0.4, 0.5) is 0 Å². The number of hydrogen-bond acceptors (Lipinski definition) is 3. The molecule has 4 nitrogen and oxygen atoms in total. The molecule has 0 aromatic heterocycles. The van der Waals surface area contributed by atoms with Gasteiger partial charge in [0.05, 0.1) is 11.8 Å². The van der Waals surface area contributed by atoms with Gasteiger partial charge in [-0.1, -0.05) is 12.2 Å². The Morgan fingerprint density at radius 3 is 2.47 bits per heavy atom. The molecule has 17 heavy (non-hydrogen) atoms. The summed E-state index contributed by atoms with van der Waals surface area (Å²) in [6.45, 7) is 0.673. The van der Waals surface area contributed by atoms with E-state index in [1.165, 1.54) is 0 Å². The normalized spacial score (nSPS) is 23.4. The van der Waals surface area contributed by atoms with Crippen LogP contribution in [0.5, 0.6) is 0 Å². The Morgan fingerprint density at radius 1 is 1.35 bits per heavy atom. The molecule has 1 N–H and O–H groups in total. The Bertz CT molecular complexity index is 317. The zero-order chi connectivity index (χ0) is 12.8. The summed E-state index contributed by atoms with van der Waals surface area (Å²) in [5, 5.41) is 9.11. The van der Waals surface area contributed by atoms with E-state index in [1.54, 1.807) is 23.7 Å². The van der Waals surface area contributed by atoms with Crippen LogP contribution < -0.4 is 0 Å². The van der Waals surface area contributed by atoms with E-state index in [2.05, 4.69) is 0 Å². The predicted molar refractivity (Wildman–Crippen MR) is 69.0 cm³/mol. The van der Waals surface area contributed by atoms with Crippen molar-refractivity contribution >= 4 is 23.6 Å². The van der Waals surface area contributed by atoms with Gasteiger partial charge in [-0.25, -0.2) is 0 Å². The molecule has 2 atom stereocenters. The van der Waals surface area contributed by atoms with Crippen LogP contribution in [0.25, 0.3) is 0 Å². The molecule has 96 valence electrons. The molecular weight excluding hydrogens is 238 g/mol. The van der Waals surface area contributed by atoms with Crippen molar-refractivity contribution in [1.29, 1.82) is 0 Å². The second-order valence-corrected chi connectivity index (χ2v) is 5.23. The van der Waals surface area contributed by atoms with E-state index in [0.29, 0.717) is 19.4 Å². The van der Waals surface area contributed by atoms with Crippen molar-refractivity contribution in [2.75, 3.05) is 25.6 Å². The summed E-state index contributed by atoms with van der Waals surface area (Å²) < 4.78 is 0. The van der Waals surface area contributed by atoms with Crippen LogP contribution >= 0.6 is 11.8 Å². The Morgan fingerprint density at radius 2 is 1.94 bits per heavy atom. The first-order valence-corrected chi connectivity index (χ1v) is 7.09. The van der Waals surface area contributed by atoms with E-state index >= 15 is 0 Å². The van der Waals surface area contributed by atoms with Crippen LogP contribution in [0, 0.1) is 11.8 Å². The molecular formula is C12H19NO3S. The SMILES string of the molecule is CSCCN(C)C(=O)[C@@H]1CC=CC[C@@H]1C(=O)O. The number of hydrogen-bond donors (Lipinski definition) is 1. The minimum absolute atomic E-state index is 0.0456. The molecule has 0 spiro atoms. The minimum atomic E-state index is -0.869. The maximum atomic E-state index is 12.1. The van der Waals surface area contributed by atoms with Crippen LogP contribution in [0.2, 0.25) is 0 Å². The highest BCUT2D eigenvalue weighted by molar-refractivity contribution is 7.98. The van der Waals surface area contributed by atoms with Gasteiger partial charge in [-0.05, 0) is 19.1 Å². The van der Waals surface area contributed by atoms with Crippen LogP contribution in [0.1, 0.15) is 12.8 Å². The number of carbonyl (C=O) groups excluding carboxylic acids is 1. The van der Waals surface area contributed by atoms with Crippen molar-refractivity contribution in [1.82, 2.24) is 4.90 Å².